The van der Waals surface area contributed by atoms with Crippen molar-refractivity contribution in [3.8, 4) is 0 Å². The fourth-order valence-corrected chi connectivity index (χ4v) is 0.466. The van der Waals surface area contributed by atoms with E-state index >= 15 is 0 Å². The molecule has 0 spiro atoms. The standard InChI is InChI=1S/C5H9NS/c1-3-5(2)4-7-6/h3-4H,1,6H2,2H3/b5-4-. The lowest BCUT2D eigenvalue weighted by atomic mass is 10.4. The Morgan fingerprint density at radius 1 is 1.86 bits per heavy atom. The van der Waals surface area contributed by atoms with E-state index in [0.29, 0.717) is 0 Å². The molecule has 0 unspecified atom stereocenters. The van der Waals surface area contributed by atoms with Crippen LogP contribution in [-0.4, -0.2) is 0 Å². The van der Waals surface area contributed by atoms with Gasteiger partial charge >= 0.3 is 0 Å². The average Bonchev–Trinajstić information content (AvgIpc) is 1.68. The van der Waals surface area contributed by atoms with Gasteiger partial charge in [-0.15, -0.1) is 0 Å². The van der Waals surface area contributed by atoms with Crippen LogP contribution in [0.4, 0.5) is 0 Å². The Labute approximate surface area is 48.4 Å². The van der Waals surface area contributed by atoms with Gasteiger partial charge in [-0.3, -0.25) is 5.14 Å². The minimum absolute atomic E-state index is 1.10. The molecule has 0 aliphatic heterocycles. The second-order valence-corrected chi connectivity index (χ2v) is 1.71. The molecule has 0 saturated heterocycles. The first-order chi connectivity index (χ1) is 3.31. The third-order valence-corrected chi connectivity index (χ3v) is 1.08. The fraction of sp³-hybridized carbons (Fsp3) is 0.200. The first kappa shape index (κ1) is 6.79. The molecule has 2 heteroatoms. The molecule has 7 heavy (non-hydrogen) atoms. The normalized spacial score (nSPS) is 11.4. The average molecular weight is 115 g/mol. The summed E-state index contributed by atoms with van der Waals surface area (Å²) in [5, 5.41) is 6.94. The maximum absolute atomic E-state index is 5.10. The number of nitrogens with two attached hydrogens (primary N) is 1. The van der Waals surface area contributed by atoms with Crippen molar-refractivity contribution in [3.05, 3.63) is 23.6 Å². The van der Waals surface area contributed by atoms with E-state index in [4.69, 9.17) is 5.14 Å². The Hall–Kier alpha value is -0.210. The predicted octanol–water partition coefficient (Wildman–Crippen LogP) is 1.68. The summed E-state index contributed by atoms with van der Waals surface area (Å²) < 4.78 is 0. The molecule has 1 nitrogen and oxygen atoms in total. The van der Waals surface area contributed by atoms with E-state index in [2.05, 4.69) is 6.58 Å². The lowest BCUT2D eigenvalue weighted by Gasteiger charge is -1.82. The quantitative estimate of drug-likeness (QED) is 0.437. The summed E-state index contributed by atoms with van der Waals surface area (Å²) in [6.07, 6.45) is 1.76. The molecule has 40 valence electrons. The summed E-state index contributed by atoms with van der Waals surface area (Å²) in [4.78, 5) is 0. The lowest BCUT2D eigenvalue weighted by molar-refractivity contribution is 1.57. The molecule has 0 amide bonds. The zero-order chi connectivity index (χ0) is 5.70. The Balaban J connectivity index is 3.49. The number of rotatable bonds is 2. The monoisotopic (exact) mass is 115 g/mol. The van der Waals surface area contributed by atoms with Crippen molar-refractivity contribution in [1.29, 1.82) is 0 Å². The number of hydrogen-bond acceptors (Lipinski definition) is 2. The van der Waals surface area contributed by atoms with E-state index in [0.717, 1.165) is 5.57 Å². The van der Waals surface area contributed by atoms with Crippen molar-refractivity contribution in [2.75, 3.05) is 0 Å². The zero-order valence-electron chi connectivity index (χ0n) is 4.35. The second-order valence-electron chi connectivity index (χ2n) is 1.20. The van der Waals surface area contributed by atoms with Crippen LogP contribution < -0.4 is 5.14 Å². The van der Waals surface area contributed by atoms with E-state index < -0.39 is 0 Å². The summed E-state index contributed by atoms with van der Waals surface area (Å²) in [5.74, 6) is 0. The molecule has 0 radical (unpaired) electrons. The highest BCUT2D eigenvalue weighted by atomic mass is 32.2. The van der Waals surface area contributed by atoms with Crippen LogP contribution in [-0.2, 0) is 0 Å². The second kappa shape index (κ2) is 3.96. The highest BCUT2D eigenvalue weighted by Gasteiger charge is 1.72. The molecule has 0 aliphatic rings. The van der Waals surface area contributed by atoms with Gasteiger partial charge in [-0.05, 0) is 17.9 Å². The van der Waals surface area contributed by atoms with Gasteiger partial charge in [0.15, 0.2) is 0 Å². The largest absolute Gasteiger partial charge is 0.274 e. The molecule has 0 rings (SSSR count). The van der Waals surface area contributed by atoms with Crippen LogP contribution in [0.2, 0.25) is 0 Å². The van der Waals surface area contributed by atoms with Crippen LogP contribution >= 0.6 is 11.9 Å². The van der Waals surface area contributed by atoms with Crippen LogP contribution in [0.1, 0.15) is 6.92 Å². The maximum Gasteiger partial charge on any atom is -0.0109 e. The van der Waals surface area contributed by atoms with Gasteiger partial charge in [-0.1, -0.05) is 24.6 Å². The van der Waals surface area contributed by atoms with Gasteiger partial charge < -0.3 is 0 Å². The SMILES string of the molecule is C=C/C(C)=C\SN. The molecule has 0 aromatic rings. The first-order valence-corrected chi connectivity index (χ1v) is 2.90. The fourth-order valence-electron chi connectivity index (χ4n) is 0.155. The Morgan fingerprint density at radius 2 is 2.43 bits per heavy atom. The topological polar surface area (TPSA) is 26.0 Å². The van der Waals surface area contributed by atoms with E-state index in [1.165, 1.54) is 11.9 Å². The van der Waals surface area contributed by atoms with Crippen molar-refractivity contribution in [2.45, 2.75) is 6.92 Å². The molecular formula is C5H9NS. The third kappa shape index (κ3) is 3.62. The summed E-state index contributed by atoms with van der Waals surface area (Å²) >= 11 is 1.20. The summed E-state index contributed by atoms with van der Waals surface area (Å²) in [7, 11) is 0. The van der Waals surface area contributed by atoms with Gasteiger partial charge in [0.1, 0.15) is 0 Å². The molecule has 0 atom stereocenters. The minimum atomic E-state index is 1.10. The van der Waals surface area contributed by atoms with Gasteiger partial charge in [0.05, 0.1) is 0 Å². The van der Waals surface area contributed by atoms with Crippen molar-refractivity contribution in [1.82, 2.24) is 0 Å². The Morgan fingerprint density at radius 3 is 2.57 bits per heavy atom. The minimum Gasteiger partial charge on any atom is -0.274 e. The van der Waals surface area contributed by atoms with Crippen LogP contribution in [0.25, 0.3) is 0 Å². The third-order valence-electron chi connectivity index (χ3n) is 0.576. The molecule has 0 aromatic heterocycles. The van der Waals surface area contributed by atoms with Gasteiger partial charge in [-0.2, -0.15) is 0 Å². The summed E-state index contributed by atoms with van der Waals surface area (Å²) in [6, 6.07) is 0. The lowest BCUT2D eigenvalue weighted by Crippen LogP contribution is -1.70. The van der Waals surface area contributed by atoms with Crippen LogP contribution in [0.3, 0.4) is 0 Å². The van der Waals surface area contributed by atoms with Crippen molar-refractivity contribution in [2.24, 2.45) is 5.14 Å². The van der Waals surface area contributed by atoms with Gasteiger partial charge in [0.2, 0.25) is 0 Å². The smallest absolute Gasteiger partial charge is 0.0109 e. The number of hydrogen-bond donors (Lipinski definition) is 1. The molecule has 0 heterocycles. The molecular weight excluding hydrogens is 106 g/mol. The Kier molecular flexibility index (Phi) is 3.84. The van der Waals surface area contributed by atoms with Crippen LogP contribution in [0.5, 0.6) is 0 Å². The van der Waals surface area contributed by atoms with Gasteiger partial charge in [0.25, 0.3) is 0 Å². The Bertz CT molecular complexity index is 86.1. The number of allylic oxidation sites excluding steroid dienone is 2. The summed E-state index contributed by atoms with van der Waals surface area (Å²) in [5.41, 5.74) is 1.10. The molecule has 0 fully saturated rings. The summed E-state index contributed by atoms with van der Waals surface area (Å²) in [6.45, 7) is 5.49. The molecule has 2 N–H and O–H groups in total. The van der Waals surface area contributed by atoms with E-state index in [9.17, 15) is 0 Å². The zero-order valence-corrected chi connectivity index (χ0v) is 5.16. The van der Waals surface area contributed by atoms with Crippen molar-refractivity contribution >= 4 is 11.9 Å². The molecule has 0 saturated carbocycles. The highest BCUT2D eigenvalue weighted by molar-refractivity contribution is 8.00. The van der Waals surface area contributed by atoms with Crippen molar-refractivity contribution in [3.63, 3.8) is 0 Å². The van der Waals surface area contributed by atoms with E-state index in [1.54, 1.807) is 6.08 Å². The van der Waals surface area contributed by atoms with E-state index in [-0.39, 0.29) is 0 Å². The highest BCUT2D eigenvalue weighted by Crippen LogP contribution is 1.97. The van der Waals surface area contributed by atoms with Gasteiger partial charge in [-0.25, -0.2) is 0 Å². The molecule has 0 aromatic carbocycles. The van der Waals surface area contributed by atoms with Crippen LogP contribution in [0.15, 0.2) is 23.6 Å². The van der Waals surface area contributed by atoms with Crippen molar-refractivity contribution < 1.29 is 0 Å². The predicted molar refractivity (Wildman–Crippen MR) is 35.7 cm³/mol. The van der Waals surface area contributed by atoms with Gasteiger partial charge in [0, 0.05) is 0 Å². The first-order valence-electron chi connectivity index (χ1n) is 1.96. The molecule has 0 aliphatic carbocycles. The maximum atomic E-state index is 5.10. The van der Waals surface area contributed by atoms with Crippen LogP contribution in [0, 0.1) is 0 Å². The van der Waals surface area contributed by atoms with E-state index in [1.807, 2.05) is 12.3 Å². The molecule has 0 bridgehead atoms.